The minimum Gasteiger partial charge on any atom is -0.494 e. The maximum Gasteiger partial charge on any atom is 0.163 e. The monoisotopic (exact) mass is 248 g/mol. The Balaban J connectivity index is 3.04. The van der Waals surface area contributed by atoms with Crippen molar-refractivity contribution in [2.75, 3.05) is 6.61 Å². The van der Waals surface area contributed by atoms with Crippen LogP contribution < -0.4 is 4.74 Å². The average Bonchev–Trinajstić information content (AvgIpc) is 2.20. The molecule has 1 aromatic rings. The minimum absolute atomic E-state index is 0.0238. The van der Waals surface area contributed by atoms with E-state index in [1.54, 1.807) is 0 Å². The van der Waals surface area contributed by atoms with Crippen molar-refractivity contribution in [1.82, 2.24) is 0 Å². The predicted octanol–water partition coefficient (Wildman–Crippen LogP) is 4.32. The van der Waals surface area contributed by atoms with Crippen molar-refractivity contribution in [1.29, 1.82) is 0 Å². The van der Waals surface area contributed by atoms with Crippen molar-refractivity contribution < 1.29 is 9.53 Å². The summed E-state index contributed by atoms with van der Waals surface area (Å²) >= 11 is 0. The quantitative estimate of drug-likeness (QED) is 0.742. The lowest BCUT2D eigenvalue weighted by Crippen LogP contribution is -2.14. The molecule has 1 rings (SSSR count). The lowest BCUT2D eigenvalue weighted by Gasteiger charge is -2.18. The number of Topliss-reactive ketones (excluding diaryl/α,β-unsaturated/α-hetero) is 1. The second-order valence-corrected chi connectivity index (χ2v) is 6.03. The average molecular weight is 248 g/mol. The van der Waals surface area contributed by atoms with Crippen LogP contribution in [0.2, 0.25) is 0 Å². The van der Waals surface area contributed by atoms with Gasteiger partial charge < -0.3 is 4.74 Å². The van der Waals surface area contributed by atoms with Gasteiger partial charge in [-0.1, -0.05) is 20.8 Å². The third-order valence-corrected chi connectivity index (χ3v) is 2.81. The van der Waals surface area contributed by atoms with Gasteiger partial charge in [-0.2, -0.15) is 0 Å². The van der Waals surface area contributed by atoms with E-state index >= 15 is 0 Å². The summed E-state index contributed by atoms with van der Waals surface area (Å²) in [7, 11) is 0. The van der Waals surface area contributed by atoms with Crippen molar-refractivity contribution in [2.24, 2.45) is 5.41 Å². The normalized spacial score (nSPS) is 11.4. The van der Waals surface area contributed by atoms with E-state index in [-0.39, 0.29) is 11.2 Å². The molecule has 0 fully saturated rings. The minimum atomic E-state index is 0.0238. The van der Waals surface area contributed by atoms with E-state index in [0.717, 1.165) is 22.4 Å². The molecule has 0 aliphatic rings. The highest BCUT2D eigenvalue weighted by Gasteiger charge is 2.19. The lowest BCUT2D eigenvalue weighted by atomic mass is 9.86. The zero-order chi connectivity index (χ0) is 13.9. The third kappa shape index (κ3) is 3.86. The van der Waals surface area contributed by atoms with E-state index in [9.17, 15) is 4.79 Å². The number of hydrogen-bond donors (Lipinski definition) is 0. The molecule has 0 aromatic heterocycles. The molecule has 0 atom stereocenters. The molecule has 18 heavy (non-hydrogen) atoms. The molecule has 0 amide bonds. The van der Waals surface area contributed by atoms with Crippen LogP contribution >= 0.6 is 0 Å². The number of hydrogen-bond acceptors (Lipinski definition) is 2. The van der Waals surface area contributed by atoms with Gasteiger partial charge in [0.25, 0.3) is 0 Å². The first-order valence-electron chi connectivity index (χ1n) is 6.52. The van der Waals surface area contributed by atoms with Crippen LogP contribution in [0.4, 0.5) is 0 Å². The molecule has 0 N–H and O–H groups in total. The lowest BCUT2D eigenvalue weighted by molar-refractivity contribution is 0.0939. The maximum atomic E-state index is 12.3. The van der Waals surface area contributed by atoms with Crippen LogP contribution in [0.15, 0.2) is 12.1 Å². The molecule has 2 heteroatoms. The number of aryl methyl sites for hydroxylation is 2. The van der Waals surface area contributed by atoms with Gasteiger partial charge in [-0.3, -0.25) is 4.79 Å². The first-order chi connectivity index (χ1) is 8.24. The summed E-state index contributed by atoms with van der Waals surface area (Å²) in [5.41, 5.74) is 2.87. The smallest absolute Gasteiger partial charge is 0.163 e. The molecule has 0 spiro atoms. The second-order valence-electron chi connectivity index (χ2n) is 6.03. The fraction of sp³-hybridized carbons (Fsp3) is 0.562. The molecule has 1 aromatic carbocycles. The summed E-state index contributed by atoms with van der Waals surface area (Å²) in [4.78, 5) is 12.3. The summed E-state index contributed by atoms with van der Waals surface area (Å²) in [6, 6.07) is 3.92. The van der Waals surface area contributed by atoms with E-state index in [2.05, 4.69) is 20.8 Å². The van der Waals surface area contributed by atoms with E-state index in [4.69, 9.17) is 4.74 Å². The number of carbonyl (C=O) groups excluding carboxylic acids is 1. The fourth-order valence-electron chi connectivity index (χ4n) is 1.98. The fourth-order valence-corrected chi connectivity index (χ4v) is 1.98. The second kappa shape index (κ2) is 5.55. The van der Waals surface area contributed by atoms with Crippen molar-refractivity contribution in [3.05, 3.63) is 28.8 Å². The number of carbonyl (C=O) groups is 1. The van der Waals surface area contributed by atoms with Crippen LogP contribution in [0, 0.1) is 19.3 Å². The molecule has 2 nitrogen and oxygen atoms in total. The van der Waals surface area contributed by atoms with Crippen molar-refractivity contribution in [2.45, 2.75) is 48.0 Å². The molecule has 0 saturated carbocycles. The first-order valence-corrected chi connectivity index (χ1v) is 6.52. The van der Waals surface area contributed by atoms with Gasteiger partial charge in [0.2, 0.25) is 0 Å². The topological polar surface area (TPSA) is 26.3 Å². The van der Waals surface area contributed by atoms with E-state index in [1.165, 1.54) is 0 Å². The Hall–Kier alpha value is -1.31. The summed E-state index contributed by atoms with van der Waals surface area (Å²) in [5.74, 6) is 1.09. The molecule has 0 unspecified atom stereocenters. The molecule has 0 heterocycles. The Labute approximate surface area is 110 Å². The van der Waals surface area contributed by atoms with Crippen LogP contribution in [-0.4, -0.2) is 12.4 Å². The largest absolute Gasteiger partial charge is 0.494 e. The van der Waals surface area contributed by atoms with Gasteiger partial charge in [0, 0.05) is 12.0 Å². The molecular formula is C16H24O2. The number of ether oxygens (including phenoxy) is 1. The van der Waals surface area contributed by atoms with Gasteiger partial charge >= 0.3 is 0 Å². The Morgan fingerprint density at radius 1 is 1.17 bits per heavy atom. The number of benzene rings is 1. The van der Waals surface area contributed by atoms with Crippen LogP contribution in [0.1, 0.15) is 55.6 Å². The molecule has 0 saturated heterocycles. The Morgan fingerprint density at radius 3 is 2.28 bits per heavy atom. The van der Waals surface area contributed by atoms with Crippen LogP contribution in [0.3, 0.4) is 0 Å². The van der Waals surface area contributed by atoms with Gasteiger partial charge in [0.1, 0.15) is 5.75 Å². The Bertz CT molecular complexity index is 439. The maximum absolute atomic E-state index is 12.3. The van der Waals surface area contributed by atoms with E-state index < -0.39 is 0 Å². The molecule has 0 radical (unpaired) electrons. The molecular weight excluding hydrogens is 224 g/mol. The number of rotatable bonds is 4. The van der Waals surface area contributed by atoms with Crippen LogP contribution in [-0.2, 0) is 0 Å². The molecule has 100 valence electrons. The summed E-state index contributed by atoms with van der Waals surface area (Å²) in [6.07, 6.45) is 0.571. The Morgan fingerprint density at radius 2 is 1.78 bits per heavy atom. The highest BCUT2D eigenvalue weighted by Crippen LogP contribution is 2.27. The van der Waals surface area contributed by atoms with Gasteiger partial charge in [-0.25, -0.2) is 0 Å². The Kier molecular flexibility index (Phi) is 4.55. The predicted molar refractivity (Wildman–Crippen MR) is 75.5 cm³/mol. The van der Waals surface area contributed by atoms with Gasteiger partial charge in [-0.15, -0.1) is 0 Å². The highest BCUT2D eigenvalue weighted by atomic mass is 16.5. The molecule has 0 aliphatic heterocycles. The van der Waals surface area contributed by atoms with Crippen molar-refractivity contribution >= 4 is 5.78 Å². The van der Waals surface area contributed by atoms with Crippen LogP contribution in [0.25, 0.3) is 0 Å². The standard InChI is InChI=1S/C16H24O2/c1-7-18-15-9-11(2)13(8-12(15)3)14(17)10-16(4,5)6/h8-9H,7,10H2,1-6H3. The molecule has 0 bridgehead atoms. The van der Waals surface area contributed by atoms with Crippen LogP contribution in [0.5, 0.6) is 5.75 Å². The van der Waals surface area contributed by atoms with E-state index in [1.807, 2.05) is 32.9 Å². The van der Waals surface area contributed by atoms with Gasteiger partial charge in [0.05, 0.1) is 6.61 Å². The van der Waals surface area contributed by atoms with Crippen molar-refractivity contribution in [3.8, 4) is 5.75 Å². The summed E-state index contributed by atoms with van der Waals surface area (Å²) in [5, 5.41) is 0. The summed E-state index contributed by atoms with van der Waals surface area (Å²) in [6.45, 7) is 12.8. The zero-order valence-electron chi connectivity index (χ0n) is 12.4. The molecule has 0 aliphatic carbocycles. The highest BCUT2D eigenvalue weighted by molar-refractivity contribution is 5.98. The van der Waals surface area contributed by atoms with Gasteiger partial charge in [-0.05, 0) is 49.4 Å². The SMILES string of the molecule is CCOc1cc(C)c(C(=O)CC(C)(C)C)cc1C. The number of ketones is 1. The first kappa shape index (κ1) is 14.7. The van der Waals surface area contributed by atoms with Gasteiger partial charge in [0.15, 0.2) is 5.78 Å². The van der Waals surface area contributed by atoms with E-state index in [0.29, 0.717) is 13.0 Å². The summed E-state index contributed by atoms with van der Waals surface area (Å²) < 4.78 is 5.54. The van der Waals surface area contributed by atoms with Crippen molar-refractivity contribution in [3.63, 3.8) is 0 Å². The third-order valence-electron chi connectivity index (χ3n) is 2.81. The zero-order valence-corrected chi connectivity index (χ0v) is 12.4.